The van der Waals surface area contributed by atoms with E-state index < -0.39 is 0 Å². The molecule has 0 unspecified atom stereocenters. The summed E-state index contributed by atoms with van der Waals surface area (Å²) in [6.07, 6.45) is 8.70. The number of piperidine rings is 1. The molecule has 1 fully saturated rings. The van der Waals surface area contributed by atoms with Crippen molar-refractivity contribution in [3.05, 3.63) is 24.5 Å². The summed E-state index contributed by atoms with van der Waals surface area (Å²) in [6, 6.07) is 0.357. The molecule has 2 N–H and O–H groups in total. The lowest BCUT2D eigenvalue weighted by Crippen LogP contribution is -2.35. The van der Waals surface area contributed by atoms with Crippen LogP contribution in [0.5, 0.6) is 0 Å². The number of H-pyrrole nitrogens is 1. The second-order valence-corrected chi connectivity index (χ2v) is 6.03. The van der Waals surface area contributed by atoms with E-state index >= 15 is 0 Å². The molecule has 1 saturated heterocycles. The molecule has 0 aliphatic carbocycles. The van der Waals surface area contributed by atoms with E-state index in [2.05, 4.69) is 35.1 Å². The standard InChI is InChI=1S/C15H20N8O/c24-7-1-2-11-8-23(21-20-11)12-3-5-22(6-4-12)15-13-14(17-9-16-13)18-10-19-15/h8-10,12,24H,1-7H2,(H,16,17,18,19). The van der Waals surface area contributed by atoms with Gasteiger partial charge < -0.3 is 15.0 Å². The highest BCUT2D eigenvalue weighted by Crippen LogP contribution is 2.27. The van der Waals surface area contributed by atoms with Crippen molar-refractivity contribution in [2.24, 2.45) is 0 Å². The van der Waals surface area contributed by atoms with Gasteiger partial charge in [0.05, 0.1) is 18.1 Å². The molecule has 0 aromatic carbocycles. The maximum Gasteiger partial charge on any atom is 0.182 e. The van der Waals surface area contributed by atoms with Gasteiger partial charge in [-0.2, -0.15) is 0 Å². The van der Waals surface area contributed by atoms with Crippen LogP contribution in [0.25, 0.3) is 11.2 Å². The lowest BCUT2D eigenvalue weighted by molar-refractivity contribution is 0.288. The van der Waals surface area contributed by atoms with Crippen molar-refractivity contribution in [3.63, 3.8) is 0 Å². The number of aliphatic hydroxyl groups is 1. The average molecular weight is 328 g/mol. The highest BCUT2D eigenvalue weighted by Gasteiger charge is 2.24. The van der Waals surface area contributed by atoms with Crippen molar-refractivity contribution in [1.29, 1.82) is 0 Å². The predicted octanol–water partition coefficient (Wildman–Crippen LogP) is 0.711. The molecular weight excluding hydrogens is 308 g/mol. The Morgan fingerprint density at radius 1 is 1.21 bits per heavy atom. The zero-order valence-corrected chi connectivity index (χ0v) is 13.3. The molecule has 9 nitrogen and oxygen atoms in total. The van der Waals surface area contributed by atoms with Crippen LogP contribution in [-0.4, -0.2) is 59.7 Å². The zero-order chi connectivity index (χ0) is 16.4. The van der Waals surface area contributed by atoms with Crippen LogP contribution < -0.4 is 4.90 Å². The molecule has 0 saturated carbocycles. The minimum absolute atomic E-state index is 0.187. The number of aliphatic hydroxyl groups excluding tert-OH is 1. The van der Waals surface area contributed by atoms with Crippen LogP contribution in [0.1, 0.15) is 31.0 Å². The Morgan fingerprint density at radius 2 is 2.08 bits per heavy atom. The SMILES string of the molecule is OCCCc1cn(C2CCN(c3ncnc4nc[nH]c34)CC2)nn1. The van der Waals surface area contributed by atoms with Crippen molar-refractivity contribution < 1.29 is 5.11 Å². The van der Waals surface area contributed by atoms with Gasteiger partial charge in [-0.1, -0.05) is 5.21 Å². The van der Waals surface area contributed by atoms with Crippen molar-refractivity contribution >= 4 is 17.0 Å². The van der Waals surface area contributed by atoms with Crippen LogP contribution in [0.2, 0.25) is 0 Å². The number of rotatable bonds is 5. The van der Waals surface area contributed by atoms with E-state index in [0.717, 1.165) is 55.8 Å². The average Bonchev–Trinajstić information content (AvgIpc) is 3.29. The highest BCUT2D eigenvalue weighted by molar-refractivity contribution is 5.82. The van der Waals surface area contributed by atoms with Crippen molar-refractivity contribution in [2.75, 3.05) is 24.6 Å². The molecular formula is C15H20N8O. The Bertz CT molecular complexity index is 805. The largest absolute Gasteiger partial charge is 0.396 e. The van der Waals surface area contributed by atoms with E-state index in [1.807, 2.05) is 10.9 Å². The summed E-state index contributed by atoms with van der Waals surface area (Å²) in [6.45, 7) is 2.00. The predicted molar refractivity (Wildman–Crippen MR) is 87.6 cm³/mol. The first-order valence-corrected chi connectivity index (χ1v) is 8.26. The summed E-state index contributed by atoms with van der Waals surface area (Å²) in [5, 5.41) is 17.4. The van der Waals surface area contributed by atoms with Crippen molar-refractivity contribution in [2.45, 2.75) is 31.7 Å². The Labute approximate surface area is 138 Å². The van der Waals surface area contributed by atoms with E-state index in [1.54, 1.807) is 12.7 Å². The molecule has 3 aromatic rings. The van der Waals surface area contributed by atoms with Gasteiger partial charge in [0.2, 0.25) is 0 Å². The lowest BCUT2D eigenvalue weighted by atomic mass is 10.1. The number of aromatic amines is 1. The van der Waals surface area contributed by atoms with Gasteiger partial charge in [-0.25, -0.2) is 19.6 Å². The third kappa shape index (κ3) is 2.82. The number of hydrogen-bond acceptors (Lipinski definition) is 7. The molecule has 4 heterocycles. The monoisotopic (exact) mass is 328 g/mol. The van der Waals surface area contributed by atoms with Gasteiger partial charge in [0.25, 0.3) is 0 Å². The van der Waals surface area contributed by atoms with Crippen LogP contribution in [0.3, 0.4) is 0 Å². The molecule has 0 amide bonds. The maximum atomic E-state index is 8.90. The maximum absolute atomic E-state index is 8.90. The third-order valence-corrected chi connectivity index (χ3v) is 4.49. The molecule has 1 aliphatic heterocycles. The number of aryl methyl sites for hydroxylation is 1. The molecule has 126 valence electrons. The summed E-state index contributed by atoms with van der Waals surface area (Å²) in [5.41, 5.74) is 2.54. The van der Waals surface area contributed by atoms with Gasteiger partial charge in [-0.3, -0.25) is 0 Å². The van der Waals surface area contributed by atoms with Gasteiger partial charge in [-0.15, -0.1) is 5.10 Å². The summed E-state index contributed by atoms with van der Waals surface area (Å²) in [4.78, 5) is 18.2. The first-order valence-electron chi connectivity index (χ1n) is 8.26. The summed E-state index contributed by atoms with van der Waals surface area (Å²) in [5.74, 6) is 0.915. The third-order valence-electron chi connectivity index (χ3n) is 4.49. The van der Waals surface area contributed by atoms with Gasteiger partial charge in [0.1, 0.15) is 11.8 Å². The van der Waals surface area contributed by atoms with E-state index in [4.69, 9.17) is 5.11 Å². The summed E-state index contributed by atoms with van der Waals surface area (Å²) >= 11 is 0. The second-order valence-electron chi connectivity index (χ2n) is 6.03. The number of anilines is 1. The fourth-order valence-electron chi connectivity index (χ4n) is 3.20. The Balaban J connectivity index is 1.43. The smallest absolute Gasteiger partial charge is 0.182 e. The van der Waals surface area contributed by atoms with Gasteiger partial charge in [0, 0.05) is 25.9 Å². The van der Waals surface area contributed by atoms with Crippen LogP contribution in [0.15, 0.2) is 18.9 Å². The van der Waals surface area contributed by atoms with Crippen LogP contribution >= 0.6 is 0 Å². The van der Waals surface area contributed by atoms with Gasteiger partial charge in [-0.05, 0) is 25.7 Å². The summed E-state index contributed by atoms with van der Waals surface area (Å²) < 4.78 is 1.97. The van der Waals surface area contributed by atoms with Crippen molar-refractivity contribution in [3.8, 4) is 0 Å². The Hall–Kier alpha value is -2.55. The molecule has 3 aromatic heterocycles. The van der Waals surface area contributed by atoms with Gasteiger partial charge >= 0.3 is 0 Å². The lowest BCUT2D eigenvalue weighted by Gasteiger charge is -2.32. The molecule has 0 spiro atoms. The highest BCUT2D eigenvalue weighted by atomic mass is 16.2. The second kappa shape index (κ2) is 6.52. The zero-order valence-electron chi connectivity index (χ0n) is 13.3. The Morgan fingerprint density at radius 3 is 2.92 bits per heavy atom. The number of nitrogens with zero attached hydrogens (tertiary/aromatic N) is 7. The Kier molecular flexibility index (Phi) is 4.08. The molecule has 4 rings (SSSR count). The molecule has 24 heavy (non-hydrogen) atoms. The first kappa shape index (κ1) is 15.0. The summed E-state index contributed by atoms with van der Waals surface area (Å²) in [7, 11) is 0. The number of fused-ring (bicyclic) bond motifs is 1. The number of imidazole rings is 1. The molecule has 1 aliphatic rings. The van der Waals surface area contributed by atoms with Gasteiger partial charge in [0.15, 0.2) is 11.5 Å². The molecule has 0 radical (unpaired) electrons. The van der Waals surface area contributed by atoms with Crippen LogP contribution in [0, 0.1) is 0 Å². The molecule has 0 atom stereocenters. The van der Waals surface area contributed by atoms with Crippen molar-refractivity contribution in [1.82, 2.24) is 34.9 Å². The first-order chi connectivity index (χ1) is 11.8. The quantitative estimate of drug-likeness (QED) is 0.710. The topological polar surface area (TPSA) is 109 Å². The molecule has 0 bridgehead atoms. The van der Waals surface area contributed by atoms with Crippen LogP contribution in [-0.2, 0) is 6.42 Å². The van der Waals surface area contributed by atoms with E-state index in [1.165, 1.54) is 0 Å². The van der Waals surface area contributed by atoms with E-state index in [9.17, 15) is 0 Å². The number of aromatic nitrogens is 7. The fraction of sp³-hybridized carbons (Fsp3) is 0.533. The number of nitrogens with one attached hydrogen (secondary N) is 1. The minimum Gasteiger partial charge on any atom is -0.396 e. The fourth-order valence-corrected chi connectivity index (χ4v) is 3.20. The number of hydrogen-bond donors (Lipinski definition) is 2. The minimum atomic E-state index is 0.187. The molecule has 9 heteroatoms. The van der Waals surface area contributed by atoms with E-state index in [0.29, 0.717) is 11.7 Å². The van der Waals surface area contributed by atoms with Crippen LogP contribution in [0.4, 0.5) is 5.82 Å². The normalized spacial score (nSPS) is 16.1. The van der Waals surface area contributed by atoms with E-state index in [-0.39, 0.29) is 6.61 Å².